The zero-order valence-corrected chi connectivity index (χ0v) is 32.8. The van der Waals surface area contributed by atoms with E-state index in [2.05, 4.69) is 204 Å². The molecule has 0 unspecified atom stereocenters. The van der Waals surface area contributed by atoms with Gasteiger partial charge in [0.25, 0.3) is 0 Å². The Morgan fingerprint density at radius 3 is 1.83 bits per heavy atom. The van der Waals surface area contributed by atoms with Crippen molar-refractivity contribution in [3.05, 3.63) is 210 Å². The molecule has 280 valence electrons. The summed E-state index contributed by atoms with van der Waals surface area (Å²) < 4.78 is 0. The van der Waals surface area contributed by atoms with E-state index in [1.54, 1.807) is 0 Å². The Balaban J connectivity index is 0.984. The molecule has 3 aliphatic carbocycles. The fraction of sp³-hybridized carbons (Fsp3) is 0.143. The Bertz CT molecular complexity index is 2800. The van der Waals surface area contributed by atoms with E-state index in [1.807, 2.05) is 0 Å². The highest BCUT2D eigenvalue weighted by Gasteiger charge is 2.44. The molecular weight excluding hydrogens is 701 g/mol. The first-order chi connectivity index (χ1) is 28.7. The third-order valence-corrected chi connectivity index (χ3v) is 13.1. The molecule has 0 aromatic heterocycles. The van der Waals surface area contributed by atoms with Gasteiger partial charge in [-0.2, -0.15) is 0 Å². The smallest absolute Gasteiger partial charge is 0.0540 e. The molecular formula is C56H46N2. The molecule has 0 atom stereocenters. The van der Waals surface area contributed by atoms with Gasteiger partial charge in [-0.3, -0.25) is 0 Å². The normalized spacial score (nSPS) is 14.8. The van der Waals surface area contributed by atoms with Crippen molar-refractivity contribution in [3.63, 3.8) is 0 Å². The molecule has 1 fully saturated rings. The van der Waals surface area contributed by atoms with Gasteiger partial charge < -0.3 is 9.80 Å². The third-order valence-electron chi connectivity index (χ3n) is 13.1. The Labute approximate surface area is 342 Å². The highest BCUT2D eigenvalue weighted by molar-refractivity contribution is 5.99. The molecule has 3 aliphatic rings. The summed E-state index contributed by atoms with van der Waals surface area (Å²) in [5.41, 5.74) is 18.2. The number of allylic oxidation sites excluding steroid dienone is 1. The van der Waals surface area contributed by atoms with Crippen LogP contribution in [0.15, 0.2) is 188 Å². The summed E-state index contributed by atoms with van der Waals surface area (Å²) in [4.78, 5) is 4.89. The van der Waals surface area contributed by atoms with E-state index in [9.17, 15) is 0 Å². The van der Waals surface area contributed by atoms with E-state index in [4.69, 9.17) is 0 Å². The lowest BCUT2D eigenvalue weighted by Crippen LogP contribution is -2.28. The first kappa shape index (κ1) is 34.6. The van der Waals surface area contributed by atoms with Gasteiger partial charge in [-0.15, -0.1) is 0 Å². The maximum absolute atomic E-state index is 2.53. The summed E-state index contributed by atoms with van der Waals surface area (Å²) in [6.07, 6.45) is 13.1. The second kappa shape index (κ2) is 14.4. The Kier molecular flexibility index (Phi) is 8.58. The Hall–Kier alpha value is -6.64. The van der Waals surface area contributed by atoms with Crippen molar-refractivity contribution in [1.82, 2.24) is 0 Å². The third kappa shape index (κ3) is 5.78. The monoisotopic (exact) mass is 746 g/mol. The van der Waals surface area contributed by atoms with Crippen molar-refractivity contribution in [2.75, 3.05) is 9.80 Å². The van der Waals surface area contributed by atoms with E-state index in [1.165, 1.54) is 104 Å². The van der Waals surface area contributed by atoms with Crippen LogP contribution in [-0.2, 0) is 11.8 Å². The summed E-state index contributed by atoms with van der Waals surface area (Å²) in [5.74, 6) is 0. The lowest BCUT2D eigenvalue weighted by Gasteiger charge is -2.36. The van der Waals surface area contributed by atoms with Crippen molar-refractivity contribution >= 4 is 51.0 Å². The van der Waals surface area contributed by atoms with Gasteiger partial charge in [0.05, 0.1) is 11.4 Å². The topological polar surface area (TPSA) is 6.48 Å². The van der Waals surface area contributed by atoms with Crippen LogP contribution in [0, 0.1) is 0 Å². The molecule has 1 saturated carbocycles. The van der Waals surface area contributed by atoms with Crippen LogP contribution >= 0.6 is 0 Å². The highest BCUT2D eigenvalue weighted by Crippen LogP contribution is 2.57. The minimum Gasteiger partial charge on any atom is -0.310 e. The molecule has 8 aromatic carbocycles. The fourth-order valence-corrected chi connectivity index (χ4v) is 10.4. The summed E-state index contributed by atoms with van der Waals surface area (Å²) in [5, 5.41) is 2.49. The molecule has 0 heterocycles. The summed E-state index contributed by atoms with van der Waals surface area (Å²) in [7, 11) is 0. The number of hydrogen-bond donors (Lipinski definition) is 0. The maximum atomic E-state index is 2.53. The molecule has 8 aromatic rings. The molecule has 0 bridgehead atoms. The lowest BCUT2D eigenvalue weighted by molar-refractivity contribution is 0.353. The molecule has 0 aliphatic heterocycles. The van der Waals surface area contributed by atoms with Crippen molar-refractivity contribution in [2.45, 2.75) is 50.4 Å². The Morgan fingerprint density at radius 1 is 0.431 bits per heavy atom. The number of para-hydroxylation sites is 1. The van der Waals surface area contributed by atoms with Crippen LogP contribution in [0.25, 0.3) is 39.1 Å². The van der Waals surface area contributed by atoms with Gasteiger partial charge in [0, 0.05) is 39.1 Å². The lowest BCUT2D eigenvalue weighted by atomic mass is 9.68. The molecule has 0 N–H and O–H groups in total. The number of rotatable bonds is 7. The average Bonchev–Trinajstić information content (AvgIpc) is 3.55. The van der Waals surface area contributed by atoms with Crippen molar-refractivity contribution in [1.29, 1.82) is 0 Å². The summed E-state index contributed by atoms with van der Waals surface area (Å²) >= 11 is 0. The molecule has 0 radical (unpaired) electrons. The van der Waals surface area contributed by atoms with Crippen LogP contribution in [0.4, 0.5) is 34.1 Å². The van der Waals surface area contributed by atoms with Gasteiger partial charge in [0.2, 0.25) is 0 Å². The van der Waals surface area contributed by atoms with E-state index in [0.717, 1.165) is 29.9 Å². The largest absolute Gasteiger partial charge is 0.310 e. The predicted octanol–water partition coefficient (Wildman–Crippen LogP) is 15.6. The van der Waals surface area contributed by atoms with Gasteiger partial charge in [-0.05, 0) is 131 Å². The van der Waals surface area contributed by atoms with Crippen LogP contribution in [0.1, 0.15) is 60.8 Å². The van der Waals surface area contributed by atoms with Crippen molar-refractivity contribution in [3.8, 4) is 22.3 Å². The van der Waals surface area contributed by atoms with Crippen LogP contribution < -0.4 is 9.80 Å². The zero-order valence-electron chi connectivity index (χ0n) is 32.8. The van der Waals surface area contributed by atoms with Crippen LogP contribution in [-0.4, -0.2) is 0 Å². The average molecular weight is 747 g/mol. The molecule has 58 heavy (non-hydrogen) atoms. The summed E-state index contributed by atoms with van der Waals surface area (Å²) in [6.45, 7) is 0. The minimum absolute atomic E-state index is 0.0906. The van der Waals surface area contributed by atoms with Gasteiger partial charge >= 0.3 is 0 Å². The van der Waals surface area contributed by atoms with Gasteiger partial charge in [-0.25, -0.2) is 0 Å². The standard InChI is InChI=1S/C56H46N2/c1-3-19-44(20-4-1)57(54-25-13-17-42-15-5-7-21-48(42)54)45-31-27-40(28-32-45)41-29-33-46(34-30-41)58(55-26-14-18-43-16-6-8-22-49(43)55)47-35-36-51-50-23-9-10-24-52(50)56(53(51)39-47)37-11-2-12-38-56/h1,3-4,6-10,13-14,16-36,39H,2,5,11-12,15,37-38H2. The minimum atomic E-state index is 0.0906. The first-order valence-corrected chi connectivity index (χ1v) is 21.1. The SMILES string of the molecule is C1=Cc2c(cccc2N(c2ccccc2)c2ccc(-c3ccc(N(c4ccc5c(c4)C4(CCCCC4)c4ccccc4-5)c4cccc5ccccc45)cc3)cc2)CC1. The number of anilines is 6. The van der Waals surface area contributed by atoms with Crippen LogP contribution in [0.3, 0.4) is 0 Å². The Morgan fingerprint density at radius 2 is 1.03 bits per heavy atom. The van der Waals surface area contributed by atoms with Crippen LogP contribution in [0.2, 0.25) is 0 Å². The fourth-order valence-electron chi connectivity index (χ4n) is 10.4. The number of benzene rings is 8. The molecule has 0 amide bonds. The molecule has 1 spiro atoms. The molecule has 11 rings (SSSR count). The number of aryl methyl sites for hydroxylation is 1. The number of nitrogens with zero attached hydrogens (tertiary/aromatic N) is 2. The predicted molar refractivity (Wildman–Crippen MR) is 245 cm³/mol. The first-order valence-electron chi connectivity index (χ1n) is 21.1. The van der Waals surface area contributed by atoms with Gasteiger partial charge in [0.1, 0.15) is 0 Å². The van der Waals surface area contributed by atoms with E-state index >= 15 is 0 Å². The second-order valence-corrected chi connectivity index (χ2v) is 16.3. The summed E-state index contributed by atoms with van der Waals surface area (Å²) in [6, 6.07) is 67.8. The zero-order chi connectivity index (χ0) is 38.5. The van der Waals surface area contributed by atoms with Crippen molar-refractivity contribution in [2.24, 2.45) is 0 Å². The van der Waals surface area contributed by atoms with Crippen LogP contribution in [0.5, 0.6) is 0 Å². The molecule has 0 saturated heterocycles. The van der Waals surface area contributed by atoms with Gasteiger partial charge in [-0.1, -0.05) is 153 Å². The van der Waals surface area contributed by atoms with E-state index < -0.39 is 0 Å². The highest BCUT2D eigenvalue weighted by atomic mass is 15.1. The quantitative estimate of drug-likeness (QED) is 0.160. The maximum Gasteiger partial charge on any atom is 0.0540 e. The second-order valence-electron chi connectivity index (χ2n) is 16.3. The van der Waals surface area contributed by atoms with E-state index in [0.29, 0.717) is 0 Å². The van der Waals surface area contributed by atoms with E-state index in [-0.39, 0.29) is 5.41 Å². The molecule has 2 nitrogen and oxygen atoms in total. The van der Waals surface area contributed by atoms with Crippen molar-refractivity contribution < 1.29 is 0 Å². The number of hydrogen-bond acceptors (Lipinski definition) is 2. The molecule has 2 heteroatoms. The number of fused-ring (bicyclic) bond motifs is 7. The van der Waals surface area contributed by atoms with Gasteiger partial charge in [0.15, 0.2) is 0 Å².